The number of aliphatic carboxylic acids is 1. The Labute approximate surface area is 272 Å². The summed E-state index contributed by atoms with van der Waals surface area (Å²) in [4.78, 5) is 25.1. The molecular formula is C37H47NO6S. The van der Waals surface area contributed by atoms with Crippen LogP contribution < -0.4 is 10.1 Å². The molecule has 1 unspecified atom stereocenters. The van der Waals surface area contributed by atoms with E-state index in [0.717, 1.165) is 33.6 Å². The third kappa shape index (κ3) is 9.83. The minimum absolute atomic E-state index is 0.140. The van der Waals surface area contributed by atoms with Crippen molar-refractivity contribution in [3.8, 4) is 16.9 Å². The van der Waals surface area contributed by atoms with E-state index in [0.29, 0.717) is 43.5 Å². The zero-order valence-corrected chi connectivity index (χ0v) is 27.8. The first-order chi connectivity index (χ1) is 21.8. The topological polar surface area (TPSA) is 94.1 Å². The maximum atomic E-state index is 13.4. The molecule has 45 heavy (non-hydrogen) atoms. The van der Waals surface area contributed by atoms with Crippen LogP contribution in [0.1, 0.15) is 84.0 Å². The minimum Gasteiger partial charge on any atom is -0.496 e. The molecule has 4 rings (SSSR count). The number of carboxylic acid groups (broad SMARTS) is 1. The molecule has 1 saturated carbocycles. The number of benzene rings is 3. The molecule has 7 nitrogen and oxygen atoms in total. The lowest BCUT2D eigenvalue weighted by Gasteiger charge is -2.24. The molecule has 242 valence electrons. The maximum absolute atomic E-state index is 13.4. The molecule has 1 fully saturated rings. The third-order valence-corrected chi connectivity index (χ3v) is 9.12. The highest BCUT2D eigenvalue weighted by atomic mass is 32.2. The van der Waals surface area contributed by atoms with Gasteiger partial charge in [-0.15, -0.1) is 0 Å². The molecule has 3 aromatic rings. The summed E-state index contributed by atoms with van der Waals surface area (Å²) in [6.07, 6.45) is 8.42. The highest BCUT2D eigenvalue weighted by Gasteiger charge is 2.23. The number of nitrogens with one attached hydrogen (secondary N) is 1. The molecule has 0 heterocycles. The molecular weight excluding hydrogens is 586 g/mol. The molecule has 0 bridgehead atoms. The van der Waals surface area contributed by atoms with Crippen LogP contribution in [0.5, 0.6) is 5.75 Å². The Hall–Kier alpha value is -3.33. The van der Waals surface area contributed by atoms with Gasteiger partial charge in [0, 0.05) is 5.56 Å². The van der Waals surface area contributed by atoms with Gasteiger partial charge in [-0.2, -0.15) is 11.8 Å². The van der Waals surface area contributed by atoms with E-state index in [4.69, 9.17) is 14.2 Å². The normalized spacial score (nSPS) is 14.9. The molecule has 0 aliphatic heterocycles. The van der Waals surface area contributed by atoms with Gasteiger partial charge in [-0.05, 0) is 109 Å². The van der Waals surface area contributed by atoms with Gasteiger partial charge in [0.25, 0.3) is 5.91 Å². The van der Waals surface area contributed by atoms with Crippen LogP contribution in [-0.2, 0) is 27.5 Å². The van der Waals surface area contributed by atoms with Crippen molar-refractivity contribution >= 4 is 23.6 Å². The van der Waals surface area contributed by atoms with Crippen LogP contribution in [-0.4, -0.2) is 54.9 Å². The zero-order valence-electron chi connectivity index (χ0n) is 27.0. The van der Waals surface area contributed by atoms with E-state index in [1.165, 1.54) is 37.7 Å². The van der Waals surface area contributed by atoms with Crippen molar-refractivity contribution in [2.75, 3.05) is 25.7 Å². The SMILES string of the molecule is COc1ccc(COCC(C)OCc2ccc(C(=O)N[C@@H](CCSC)C(=O)O)c(-c3ccccc3C)c2)cc1C1CCCCC1. The first-order valence-electron chi connectivity index (χ1n) is 15.9. The number of carbonyl (C=O) groups is 2. The summed E-state index contributed by atoms with van der Waals surface area (Å²) < 4.78 is 17.9. The van der Waals surface area contributed by atoms with Gasteiger partial charge >= 0.3 is 5.97 Å². The fourth-order valence-electron chi connectivity index (χ4n) is 5.94. The quantitative estimate of drug-likeness (QED) is 0.166. The van der Waals surface area contributed by atoms with Gasteiger partial charge in [0.05, 0.1) is 33.0 Å². The van der Waals surface area contributed by atoms with Crippen molar-refractivity contribution in [2.45, 2.75) is 83.6 Å². The molecule has 1 aliphatic rings. The van der Waals surface area contributed by atoms with Crippen LogP contribution in [0.4, 0.5) is 0 Å². The molecule has 0 spiro atoms. The first-order valence-corrected chi connectivity index (χ1v) is 17.3. The summed E-state index contributed by atoms with van der Waals surface area (Å²) in [6, 6.07) is 18.9. The van der Waals surface area contributed by atoms with Gasteiger partial charge in [0.2, 0.25) is 0 Å². The Morgan fingerprint density at radius 1 is 0.978 bits per heavy atom. The summed E-state index contributed by atoms with van der Waals surface area (Å²) >= 11 is 1.55. The van der Waals surface area contributed by atoms with Crippen LogP contribution >= 0.6 is 11.8 Å². The average Bonchev–Trinajstić information content (AvgIpc) is 3.06. The van der Waals surface area contributed by atoms with Gasteiger partial charge in [0.1, 0.15) is 11.8 Å². The molecule has 0 radical (unpaired) electrons. The summed E-state index contributed by atoms with van der Waals surface area (Å²) in [6.45, 7) is 5.30. The second kappa shape index (κ2) is 17.4. The van der Waals surface area contributed by atoms with E-state index in [9.17, 15) is 14.7 Å². The van der Waals surface area contributed by atoms with E-state index in [-0.39, 0.29) is 6.10 Å². The zero-order chi connectivity index (χ0) is 32.2. The smallest absolute Gasteiger partial charge is 0.326 e. The lowest BCUT2D eigenvalue weighted by Crippen LogP contribution is -2.41. The third-order valence-electron chi connectivity index (χ3n) is 8.47. The summed E-state index contributed by atoms with van der Waals surface area (Å²) in [5.74, 6) is 0.723. The predicted octanol–water partition coefficient (Wildman–Crippen LogP) is 7.78. The van der Waals surface area contributed by atoms with Crippen molar-refractivity contribution in [3.63, 3.8) is 0 Å². The highest BCUT2D eigenvalue weighted by molar-refractivity contribution is 7.98. The predicted molar refractivity (Wildman–Crippen MR) is 181 cm³/mol. The van der Waals surface area contributed by atoms with Crippen LogP contribution in [0, 0.1) is 6.92 Å². The Morgan fingerprint density at radius 3 is 2.42 bits per heavy atom. The Bertz CT molecular complexity index is 1420. The fraction of sp³-hybridized carbons (Fsp3) is 0.459. The van der Waals surface area contributed by atoms with Crippen molar-refractivity contribution in [3.05, 3.63) is 88.5 Å². The lowest BCUT2D eigenvalue weighted by molar-refractivity contribution is -0.139. The van der Waals surface area contributed by atoms with E-state index in [1.54, 1.807) is 24.9 Å². The van der Waals surface area contributed by atoms with Gasteiger partial charge < -0.3 is 24.6 Å². The molecule has 0 saturated heterocycles. The number of carbonyl (C=O) groups excluding carboxylic acids is 1. The van der Waals surface area contributed by atoms with Crippen molar-refractivity contribution in [1.82, 2.24) is 5.32 Å². The monoisotopic (exact) mass is 633 g/mol. The van der Waals surface area contributed by atoms with E-state index in [2.05, 4.69) is 23.5 Å². The number of thioether (sulfide) groups is 1. The van der Waals surface area contributed by atoms with Crippen LogP contribution in [0.3, 0.4) is 0 Å². The fourth-order valence-corrected chi connectivity index (χ4v) is 6.41. The van der Waals surface area contributed by atoms with Gasteiger partial charge in [-0.1, -0.05) is 55.7 Å². The first kappa shape index (κ1) is 34.5. The van der Waals surface area contributed by atoms with Crippen LogP contribution in [0.2, 0.25) is 0 Å². The van der Waals surface area contributed by atoms with Gasteiger partial charge in [0.15, 0.2) is 0 Å². The average molecular weight is 634 g/mol. The van der Waals surface area contributed by atoms with Crippen LogP contribution in [0.15, 0.2) is 60.7 Å². The molecule has 8 heteroatoms. The number of aryl methyl sites for hydroxylation is 1. The number of hydrogen-bond acceptors (Lipinski definition) is 6. The molecule has 2 N–H and O–H groups in total. The summed E-state index contributed by atoms with van der Waals surface area (Å²) in [7, 11) is 1.74. The Morgan fingerprint density at radius 2 is 1.71 bits per heavy atom. The second-order valence-corrected chi connectivity index (χ2v) is 12.9. The Kier molecular flexibility index (Phi) is 13.3. The van der Waals surface area contributed by atoms with Crippen molar-refractivity contribution in [2.24, 2.45) is 0 Å². The van der Waals surface area contributed by atoms with E-state index in [1.807, 2.05) is 56.5 Å². The number of hydrogen-bond donors (Lipinski definition) is 2. The lowest BCUT2D eigenvalue weighted by atomic mass is 9.83. The summed E-state index contributed by atoms with van der Waals surface area (Å²) in [5.41, 5.74) is 6.48. The minimum atomic E-state index is -1.03. The standard InChI is InChI=1S/C37H47NO6S/c1-25-10-8-9-13-30(25)33-21-28(14-16-31(33)36(39)38-34(37(40)41)18-19-45-4)24-44-26(2)22-43-23-27-15-17-35(42-3)32(20-27)29-11-6-5-7-12-29/h8-10,13-17,20-21,26,29,34H,5-7,11-12,18-19,22-24H2,1-4H3,(H,38,39)(H,40,41)/t26?,34-/m0/s1. The highest BCUT2D eigenvalue weighted by Crippen LogP contribution is 2.38. The number of amides is 1. The largest absolute Gasteiger partial charge is 0.496 e. The van der Waals surface area contributed by atoms with Gasteiger partial charge in [-0.3, -0.25) is 4.79 Å². The maximum Gasteiger partial charge on any atom is 0.326 e. The Balaban J connectivity index is 1.39. The molecule has 1 aliphatic carbocycles. The number of ether oxygens (including phenoxy) is 3. The molecule has 3 aromatic carbocycles. The molecule has 2 atom stereocenters. The van der Waals surface area contributed by atoms with E-state index < -0.39 is 17.9 Å². The molecule has 1 amide bonds. The number of rotatable bonds is 16. The van der Waals surface area contributed by atoms with Crippen molar-refractivity contribution < 1.29 is 28.9 Å². The van der Waals surface area contributed by atoms with Crippen LogP contribution in [0.25, 0.3) is 11.1 Å². The van der Waals surface area contributed by atoms with E-state index >= 15 is 0 Å². The summed E-state index contributed by atoms with van der Waals surface area (Å²) in [5, 5.41) is 12.4. The number of carboxylic acids is 1. The second-order valence-electron chi connectivity index (χ2n) is 11.9. The van der Waals surface area contributed by atoms with Crippen molar-refractivity contribution in [1.29, 1.82) is 0 Å². The number of methoxy groups -OCH3 is 1. The van der Waals surface area contributed by atoms with Gasteiger partial charge in [-0.25, -0.2) is 4.79 Å². The molecule has 0 aromatic heterocycles.